The van der Waals surface area contributed by atoms with Crippen molar-refractivity contribution < 1.29 is 15.0 Å². The summed E-state index contributed by atoms with van der Waals surface area (Å²) in [6, 6.07) is 7.37. The van der Waals surface area contributed by atoms with E-state index >= 15 is 0 Å². The molecule has 0 spiro atoms. The molecule has 0 aromatic heterocycles. The number of aryl methyl sites for hydroxylation is 1. The Kier molecular flexibility index (Phi) is 6.21. The lowest BCUT2D eigenvalue weighted by atomic mass is 10.1. The lowest BCUT2D eigenvalue weighted by molar-refractivity contribution is -0.133. The second-order valence-electron chi connectivity index (χ2n) is 5.79. The normalized spacial score (nSPS) is 17.5. The van der Waals surface area contributed by atoms with Gasteiger partial charge in [-0.15, -0.1) is 0 Å². The van der Waals surface area contributed by atoms with E-state index in [9.17, 15) is 15.0 Å². The molecule has 2 N–H and O–H groups in total. The minimum absolute atomic E-state index is 0.139. The summed E-state index contributed by atoms with van der Waals surface area (Å²) in [5.41, 5.74) is 0.820. The molecule has 5 heteroatoms. The van der Waals surface area contributed by atoms with E-state index in [1.165, 1.54) is 0 Å². The summed E-state index contributed by atoms with van der Waals surface area (Å²) >= 11 is 0. The van der Waals surface area contributed by atoms with Crippen molar-refractivity contribution in [3.05, 3.63) is 29.8 Å². The van der Waals surface area contributed by atoms with Gasteiger partial charge < -0.3 is 15.1 Å². The number of aliphatic hydroxyl groups is 1. The Bertz CT molecular complexity index is 481. The fraction of sp³-hybridized carbons (Fsp3) is 0.588. The standard InChI is InChI=1S/C17H26N2O3/c1-2-15(13-20)18-9-11-19(12-10-18)17(22)8-7-14-5-3-4-6-16(14)21/h3-6,15,20-21H,2,7-13H2,1H3. The van der Waals surface area contributed by atoms with Crippen molar-refractivity contribution in [2.24, 2.45) is 0 Å². The highest BCUT2D eigenvalue weighted by molar-refractivity contribution is 5.76. The predicted octanol–water partition coefficient (Wildman–Crippen LogP) is 1.24. The second-order valence-corrected chi connectivity index (χ2v) is 5.79. The van der Waals surface area contributed by atoms with Crippen LogP contribution in [0.15, 0.2) is 24.3 Å². The maximum Gasteiger partial charge on any atom is 0.222 e. The number of para-hydroxylation sites is 1. The van der Waals surface area contributed by atoms with E-state index in [2.05, 4.69) is 11.8 Å². The third-order valence-electron chi connectivity index (χ3n) is 4.47. The average molecular weight is 306 g/mol. The van der Waals surface area contributed by atoms with Gasteiger partial charge in [0.1, 0.15) is 5.75 Å². The number of carbonyl (C=O) groups excluding carboxylic acids is 1. The third-order valence-corrected chi connectivity index (χ3v) is 4.47. The maximum atomic E-state index is 12.3. The molecule has 122 valence electrons. The molecule has 0 aliphatic carbocycles. The molecule has 0 saturated carbocycles. The molecule has 22 heavy (non-hydrogen) atoms. The number of aliphatic hydroxyl groups excluding tert-OH is 1. The molecule has 0 bridgehead atoms. The van der Waals surface area contributed by atoms with E-state index in [4.69, 9.17) is 0 Å². The molecule has 0 radical (unpaired) electrons. The Morgan fingerprint density at radius 3 is 2.50 bits per heavy atom. The molecule has 1 aliphatic heterocycles. The SMILES string of the molecule is CCC(CO)N1CCN(C(=O)CCc2ccccc2O)CC1. The monoisotopic (exact) mass is 306 g/mol. The van der Waals surface area contributed by atoms with Crippen molar-refractivity contribution in [2.75, 3.05) is 32.8 Å². The molecule has 5 nitrogen and oxygen atoms in total. The molecule has 2 rings (SSSR count). The number of amides is 1. The van der Waals surface area contributed by atoms with Gasteiger partial charge in [-0.2, -0.15) is 0 Å². The van der Waals surface area contributed by atoms with Crippen molar-refractivity contribution in [2.45, 2.75) is 32.2 Å². The van der Waals surface area contributed by atoms with Gasteiger partial charge in [0.25, 0.3) is 0 Å². The molecule has 1 aliphatic rings. The van der Waals surface area contributed by atoms with Crippen LogP contribution in [-0.2, 0) is 11.2 Å². The minimum atomic E-state index is 0.139. The first kappa shape index (κ1) is 16.8. The summed E-state index contributed by atoms with van der Waals surface area (Å²) in [5.74, 6) is 0.397. The fourth-order valence-electron chi connectivity index (χ4n) is 2.96. The van der Waals surface area contributed by atoms with Gasteiger partial charge in [0, 0.05) is 38.6 Å². The van der Waals surface area contributed by atoms with E-state index < -0.39 is 0 Å². The summed E-state index contributed by atoms with van der Waals surface area (Å²) in [5, 5.41) is 19.1. The average Bonchev–Trinajstić information content (AvgIpc) is 2.55. The first-order valence-electron chi connectivity index (χ1n) is 8.05. The Morgan fingerprint density at radius 1 is 1.23 bits per heavy atom. The van der Waals surface area contributed by atoms with Crippen LogP contribution in [0.4, 0.5) is 0 Å². The lowest BCUT2D eigenvalue weighted by Crippen LogP contribution is -2.52. The Balaban J connectivity index is 1.79. The maximum absolute atomic E-state index is 12.3. The zero-order valence-corrected chi connectivity index (χ0v) is 13.2. The summed E-state index contributed by atoms with van der Waals surface area (Å²) in [6.45, 7) is 5.33. The van der Waals surface area contributed by atoms with Crippen LogP contribution in [-0.4, -0.2) is 64.7 Å². The Labute approximate surface area is 132 Å². The van der Waals surface area contributed by atoms with Crippen molar-refractivity contribution in [1.29, 1.82) is 0 Å². The molecule has 1 aromatic carbocycles. The highest BCUT2D eigenvalue weighted by atomic mass is 16.3. The number of hydrogen-bond donors (Lipinski definition) is 2. The Morgan fingerprint density at radius 2 is 1.91 bits per heavy atom. The van der Waals surface area contributed by atoms with Gasteiger partial charge in [-0.3, -0.25) is 9.69 Å². The van der Waals surface area contributed by atoms with Crippen molar-refractivity contribution in [3.8, 4) is 5.75 Å². The van der Waals surface area contributed by atoms with Crippen molar-refractivity contribution >= 4 is 5.91 Å². The van der Waals surface area contributed by atoms with Crippen molar-refractivity contribution in [3.63, 3.8) is 0 Å². The smallest absolute Gasteiger partial charge is 0.222 e. The number of aromatic hydroxyl groups is 1. The molecule has 1 atom stereocenters. The first-order chi connectivity index (χ1) is 10.7. The lowest BCUT2D eigenvalue weighted by Gasteiger charge is -2.38. The van der Waals surface area contributed by atoms with E-state index in [0.717, 1.165) is 38.2 Å². The van der Waals surface area contributed by atoms with Gasteiger partial charge in [0.2, 0.25) is 5.91 Å². The topological polar surface area (TPSA) is 64.0 Å². The predicted molar refractivity (Wildman–Crippen MR) is 85.7 cm³/mol. The zero-order valence-electron chi connectivity index (χ0n) is 13.2. The number of benzene rings is 1. The van der Waals surface area contributed by atoms with E-state index in [1.807, 2.05) is 17.0 Å². The van der Waals surface area contributed by atoms with Crippen LogP contribution < -0.4 is 0 Å². The molecule has 1 aromatic rings. The van der Waals surface area contributed by atoms with Crippen LogP contribution in [0, 0.1) is 0 Å². The van der Waals surface area contributed by atoms with Crippen molar-refractivity contribution in [1.82, 2.24) is 9.80 Å². The van der Waals surface area contributed by atoms with Crippen LogP contribution in [0.1, 0.15) is 25.3 Å². The van der Waals surface area contributed by atoms with Crippen LogP contribution in [0.3, 0.4) is 0 Å². The van der Waals surface area contributed by atoms with Crippen LogP contribution in [0.2, 0.25) is 0 Å². The molecule has 1 fully saturated rings. The summed E-state index contributed by atoms with van der Waals surface area (Å²) in [7, 11) is 0. The number of carbonyl (C=O) groups is 1. The van der Waals surface area contributed by atoms with Gasteiger partial charge in [-0.1, -0.05) is 25.1 Å². The van der Waals surface area contributed by atoms with Gasteiger partial charge in [0.15, 0.2) is 0 Å². The zero-order chi connectivity index (χ0) is 15.9. The van der Waals surface area contributed by atoms with E-state index in [0.29, 0.717) is 12.8 Å². The molecule has 1 saturated heterocycles. The highest BCUT2D eigenvalue weighted by Gasteiger charge is 2.24. The van der Waals surface area contributed by atoms with Crippen LogP contribution >= 0.6 is 0 Å². The quantitative estimate of drug-likeness (QED) is 0.830. The molecular weight excluding hydrogens is 280 g/mol. The Hall–Kier alpha value is -1.59. The van der Waals surface area contributed by atoms with Gasteiger partial charge in [-0.25, -0.2) is 0 Å². The number of piperazine rings is 1. The number of hydrogen-bond acceptors (Lipinski definition) is 4. The first-order valence-corrected chi connectivity index (χ1v) is 8.05. The van der Waals surface area contributed by atoms with E-state index in [-0.39, 0.29) is 24.3 Å². The third kappa shape index (κ3) is 4.21. The number of phenolic OH excluding ortho intramolecular Hbond substituents is 1. The summed E-state index contributed by atoms with van der Waals surface area (Å²) in [6.07, 6.45) is 1.92. The number of rotatable bonds is 6. The van der Waals surface area contributed by atoms with Gasteiger partial charge >= 0.3 is 0 Å². The summed E-state index contributed by atoms with van der Waals surface area (Å²) < 4.78 is 0. The minimum Gasteiger partial charge on any atom is -0.508 e. The fourth-order valence-corrected chi connectivity index (χ4v) is 2.96. The van der Waals surface area contributed by atoms with Gasteiger partial charge in [-0.05, 0) is 24.5 Å². The molecule has 1 amide bonds. The van der Waals surface area contributed by atoms with Gasteiger partial charge in [0.05, 0.1) is 6.61 Å². The van der Waals surface area contributed by atoms with Crippen LogP contribution in [0.5, 0.6) is 5.75 Å². The van der Waals surface area contributed by atoms with E-state index in [1.54, 1.807) is 12.1 Å². The molecular formula is C17H26N2O3. The number of phenols is 1. The summed E-state index contributed by atoms with van der Waals surface area (Å²) in [4.78, 5) is 16.4. The number of nitrogens with zero attached hydrogens (tertiary/aromatic N) is 2. The molecule has 1 unspecified atom stereocenters. The molecule has 1 heterocycles. The van der Waals surface area contributed by atoms with Crippen LogP contribution in [0.25, 0.3) is 0 Å². The second kappa shape index (κ2) is 8.15. The highest BCUT2D eigenvalue weighted by Crippen LogP contribution is 2.18. The largest absolute Gasteiger partial charge is 0.508 e.